The molecule has 0 aliphatic rings. The molecule has 3 aromatic rings. The average Bonchev–Trinajstić information content (AvgIpc) is 3.18. The fourth-order valence-electron chi connectivity index (χ4n) is 2.95. The third-order valence-electron chi connectivity index (χ3n) is 4.46. The second-order valence-corrected chi connectivity index (χ2v) is 7.62. The average molecular weight is 429 g/mol. The van der Waals surface area contributed by atoms with Gasteiger partial charge >= 0.3 is 0 Å². The van der Waals surface area contributed by atoms with Gasteiger partial charge in [-0.2, -0.15) is 0 Å². The summed E-state index contributed by atoms with van der Waals surface area (Å²) in [5.74, 6) is 1.13. The minimum Gasteiger partial charge on any atom is -0.483 e. The van der Waals surface area contributed by atoms with Gasteiger partial charge in [-0.15, -0.1) is 10.2 Å². The van der Waals surface area contributed by atoms with E-state index in [4.69, 9.17) is 4.74 Å². The van der Waals surface area contributed by atoms with E-state index >= 15 is 0 Å². The summed E-state index contributed by atoms with van der Waals surface area (Å²) in [4.78, 5) is 12.2. The Morgan fingerprint density at radius 1 is 1.17 bits per heavy atom. The van der Waals surface area contributed by atoms with Crippen LogP contribution in [0, 0.1) is 5.82 Å². The maximum absolute atomic E-state index is 13.1. The second-order valence-electron chi connectivity index (χ2n) is 6.67. The Hall–Kier alpha value is -2.87. The lowest BCUT2D eigenvalue weighted by Crippen LogP contribution is -2.27. The zero-order valence-corrected chi connectivity index (χ0v) is 17.9. The summed E-state index contributed by atoms with van der Waals surface area (Å²) in [5.41, 5.74) is 1.19. The van der Waals surface area contributed by atoms with Gasteiger partial charge < -0.3 is 14.6 Å². The molecule has 6 nitrogen and oxygen atoms in total. The Morgan fingerprint density at radius 2 is 1.90 bits per heavy atom. The minimum absolute atomic E-state index is 0.0428. The smallest absolute Gasteiger partial charge is 0.230 e. The van der Waals surface area contributed by atoms with Crippen LogP contribution in [0.5, 0.6) is 5.75 Å². The summed E-state index contributed by atoms with van der Waals surface area (Å²) in [7, 11) is 0. The number of carbonyl (C=O) groups excluding carboxylic acids is 1. The van der Waals surface area contributed by atoms with Crippen molar-refractivity contribution in [2.75, 3.05) is 12.3 Å². The molecule has 0 saturated carbocycles. The van der Waals surface area contributed by atoms with Crippen LogP contribution in [-0.2, 0) is 17.8 Å². The number of halogens is 1. The number of benzene rings is 2. The molecule has 0 radical (unpaired) electrons. The lowest BCUT2D eigenvalue weighted by molar-refractivity contribution is -0.118. The molecule has 1 atom stereocenters. The fraction of sp³-hybridized carbons (Fsp3) is 0.318. The predicted molar refractivity (Wildman–Crippen MR) is 115 cm³/mol. The number of nitrogens with zero attached hydrogens (tertiary/aromatic N) is 3. The third kappa shape index (κ3) is 6.06. The summed E-state index contributed by atoms with van der Waals surface area (Å²) in [6.07, 6.45) is 0.432. The largest absolute Gasteiger partial charge is 0.483 e. The van der Waals surface area contributed by atoms with Crippen molar-refractivity contribution in [3.05, 3.63) is 71.8 Å². The molecule has 0 spiro atoms. The molecule has 0 fully saturated rings. The maximum Gasteiger partial charge on any atom is 0.230 e. The van der Waals surface area contributed by atoms with Crippen LogP contribution in [-0.4, -0.2) is 33.0 Å². The molecule has 0 saturated heterocycles. The molecule has 0 bridgehead atoms. The van der Waals surface area contributed by atoms with Gasteiger partial charge in [-0.25, -0.2) is 4.39 Å². The van der Waals surface area contributed by atoms with E-state index in [0.29, 0.717) is 29.8 Å². The molecule has 158 valence electrons. The predicted octanol–water partition coefficient (Wildman–Crippen LogP) is 4.03. The van der Waals surface area contributed by atoms with Gasteiger partial charge in [0.05, 0.1) is 5.75 Å². The van der Waals surface area contributed by atoms with Crippen molar-refractivity contribution in [1.29, 1.82) is 0 Å². The molecule has 3 rings (SSSR count). The van der Waals surface area contributed by atoms with E-state index < -0.39 is 0 Å². The Balaban J connectivity index is 1.51. The van der Waals surface area contributed by atoms with E-state index in [2.05, 4.69) is 15.5 Å². The topological polar surface area (TPSA) is 69.0 Å². The molecule has 0 aliphatic carbocycles. The van der Waals surface area contributed by atoms with Crippen LogP contribution in [0.4, 0.5) is 4.39 Å². The van der Waals surface area contributed by atoms with Crippen molar-refractivity contribution in [2.45, 2.75) is 38.1 Å². The number of nitrogens with one attached hydrogen (secondary N) is 1. The van der Waals surface area contributed by atoms with Crippen LogP contribution >= 0.6 is 11.8 Å². The summed E-state index contributed by atoms with van der Waals surface area (Å²) in [6, 6.07) is 15.9. The Morgan fingerprint density at radius 3 is 2.60 bits per heavy atom. The molecule has 0 aliphatic heterocycles. The molecule has 1 amide bonds. The summed E-state index contributed by atoms with van der Waals surface area (Å²) in [6.45, 7) is 5.10. The van der Waals surface area contributed by atoms with Crippen molar-refractivity contribution in [2.24, 2.45) is 0 Å². The van der Waals surface area contributed by atoms with Gasteiger partial charge in [0, 0.05) is 13.1 Å². The molecular formula is C22H25FN4O2S. The Kier molecular flexibility index (Phi) is 7.84. The SMILES string of the molecule is CCn1c(SCC(=O)NCCc2ccccc2)nnc1C(C)Oc1ccc(F)cc1. The first-order chi connectivity index (χ1) is 14.6. The normalized spacial score (nSPS) is 11.8. The van der Waals surface area contributed by atoms with Gasteiger partial charge in [0.25, 0.3) is 0 Å². The van der Waals surface area contributed by atoms with Crippen LogP contribution < -0.4 is 10.1 Å². The number of carbonyl (C=O) groups is 1. The Labute approximate surface area is 179 Å². The number of thioether (sulfide) groups is 1. The first kappa shape index (κ1) is 21.8. The van der Waals surface area contributed by atoms with Crippen molar-refractivity contribution < 1.29 is 13.9 Å². The molecule has 30 heavy (non-hydrogen) atoms. The first-order valence-corrected chi connectivity index (χ1v) is 10.8. The van der Waals surface area contributed by atoms with Gasteiger partial charge in [0.1, 0.15) is 11.6 Å². The first-order valence-electron chi connectivity index (χ1n) is 9.85. The van der Waals surface area contributed by atoms with E-state index in [1.54, 1.807) is 12.1 Å². The summed E-state index contributed by atoms with van der Waals surface area (Å²) in [5, 5.41) is 12.1. The monoisotopic (exact) mass is 428 g/mol. The van der Waals surface area contributed by atoms with Gasteiger partial charge in [-0.05, 0) is 50.1 Å². The van der Waals surface area contributed by atoms with Crippen molar-refractivity contribution in [3.63, 3.8) is 0 Å². The lowest BCUT2D eigenvalue weighted by Gasteiger charge is -2.15. The van der Waals surface area contributed by atoms with Gasteiger partial charge in [0.15, 0.2) is 17.1 Å². The molecule has 8 heteroatoms. The van der Waals surface area contributed by atoms with E-state index in [-0.39, 0.29) is 23.6 Å². The molecule has 1 aromatic heterocycles. The highest BCUT2D eigenvalue weighted by molar-refractivity contribution is 7.99. The fourth-order valence-corrected chi connectivity index (χ4v) is 3.79. The second kappa shape index (κ2) is 10.8. The zero-order valence-electron chi connectivity index (χ0n) is 17.0. The summed E-state index contributed by atoms with van der Waals surface area (Å²) >= 11 is 1.34. The third-order valence-corrected chi connectivity index (χ3v) is 5.43. The highest BCUT2D eigenvalue weighted by atomic mass is 32.2. The standard InChI is InChI=1S/C22H25FN4O2S/c1-3-27-21(16(2)29-19-11-9-18(23)10-12-19)25-26-22(27)30-15-20(28)24-14-13-17-7-5-4-6-8-17/h4-12,16H,3,13-15H2,1-2H3,(H,24,28). The van der Waals surface area contributed by atoms with E-state index in [0.717, 1.165) is 6.42 Å². The quantitative estimate of drug-likeness (QED) is 0.494. The van der Waals surface area contributed by atoms with Crippen molar-refractivity contribution in [1.82, 2.24) is 20.1 Å². The maximum atomic E-state index is 13.1. The number of ether oxygens (including phenoxy) is 1. The van der Waals surface area contributed by atoms with Crippen LogP contribution in [0.1, 0.15) is 31.3 Å². The Bertz CT molecular complexity index is 948. The van der Waals surface area contributed by atoms with Gasteiger partial charge in [-0.3, -0.25) is 4.79 Å². The van der Waals surface area contributed by atoms with E-state index in [1.165, 1.54) is 29.5 Å². The molecular weight excluding hydrogens is 403 g/mol. The highest BCUT2D eigenvalue weighted by Gasteiger charge is 2.19. The number of amides is 1. The number of rotatable bonds is 10. The van der Waals surface area contributed by atoms with E-state index in [1.807, 2.05) is 48.7 Å². The van der Waals surface area contributed by atoms with Crippen molar-refractivity contribution >= 4 is 17.7 Å². The highest BCUT2D eigenvalue weighted by Crippen LogP contribution is 2.24. The van der Waals surface area contributed by atoms with Crippen LogP contribution in [0.25, 0.3) is 0 Å². The van der Waals surface area contributed by atoms with Crippen LogP contribution in [0.15, 0.2) is 59.8 Å². The zero-order chi connectivity index (χ0) is 21.3. The van der Waals surface area contributed by atoms with Crippen LogP contribution in [0.3, 0.4) is 0 Å². The number of hydrogen-bond donors (Lipinski definition) is 1. The minimum atomic E-state index is -0.364. The molecule has 1 heterocycles. The lowest BCUT2D eigenvalue weighted by atomic mass is 10.1. The van der Waals surface area contributed by atoms with Crippen LogP contribution in [0.2, 0.25) is 0 Å². The van der Waals surface area contributed by atoms with E-state index in [9.17, 15) is 9.18 Å². The molecule has 1 N–H and O–H groups in total. The van der Waals surface area contributed by atoms with Gasteiger partial charge in [-0.1, -0.05) is 42.1 Å². The number of aromatic nitrogens is 3. The molecule has 2 aromatic carbocycles. The summed E-state index contributed by atoms with van der Waals surface area (Å²) < 4.78 is 20.8. The molecule has 1 unspecified atom stereocenters. The van der Waals surface area contributed by atoms with Gasteiger partial charge in [0.2, 0.25) is 5.91 Å². The van der Waals surface area contributed by atoms with Crippen molar-refractivity contribution in [3.8, 4) is 5.75 Å². The number of hydrogen-bond acceptors (Lipinski definition) is 5.